The first-order valence-corrected chi connectivity index (χ1v) is 8.05. The standard InChI is InChI=1S/C15H18N2O3S/c1-11-7-8-16-9-14(11)10-17-21(19,20)15-5-3-13(4-6-15)12(2)18/h3-9,12,17-18H,10H2,1-2H3. The number of pyridine rings is 1. The van der Waals surface area contributed by atoms with Crippen molar-refractivity contribution < 1.29 is 13.5 Å². The highest BCUT2D eigenvalue weighted by Crippen LogP contribution is 2.16. The summed E-state index contributed by atoms with van der Waals surface area (Å²) in [6, 6.07) is 8.02. The highest BCUT2D eigenvalue weighted by molar-refractivity contribution is 7.89. The molecule has 112 valence electrons. The van der Waals surface area contributed by atoms with Crippen LogP contribution in [0.4, 0.5) is 0 Å². The van der Waals surface area contributed by atoms with E-state index in [0.29, 0.717) is 5.56 Å². The minimum absolute atomic E-state index is 0.174. The predicted molar refractivity (Wildman–Crippen MR) is 80.1 cm³/mol. The normalized spacial score (nSPS) is 13.1. The van der Waals surface area contributed by atoms with Crippen LogP contribution in [0.3, 0.4) is 0 Å². The van der Waals surface area contributed by atoms with Gasteiger partial charge in [0.2, 0.25) is 10.0 Å². The Morgan fingerprint density at radius 1 is 1.24 bits per heavy atom. The van der Waals surface area contributed by atoms with Crippen molar-refractivity contribution in [2.75, 3.05) is 0 Å². The van der Waals surface area contributed by atoms with E-state index in [1.54, 1.807) is 31.5 Å². The van der Waals surface area contributed by atoms with Crippen LogP contribution in [0.15, 0.2) is 47.6 Å². The SMILES string of the molecule is Cc1ccncc1CNS(=O)(=O)c1ccc(C(C)O)cc1. The number of aromatic nitrogens is 1. The molecule has 0 spiro atoms. The maximum atomic E-state index is 12.2. The fraction of sp³-hybridized carbons (Fsp3) is 0.267. The van der Waals surface area contributed by atoms with Crippen LogP contribution in [0, 0.1) is 6.92 Å². The van der Waals surface area contributed by atoms with Gasteiger partial charge in [-0.3, -0.25) is 4.98 Å². The van der Waals surface area contributed by atoms with Crippen LogP contribution in [0.25, 0.3) is 0 Å². The van der Waals surface area contributed by atoms with Crippen LogP contribution in [-0.4, -0.2) is 18.5 Å². The second kappa shape index (κ2) is 6.34. The smallest absolute Gasteiger partial charge is 0.240 e. The summed E-state index contributed by atoms with van der Waals surface area (Å²) in [5, 5.41) is 9.43. The van der Waals surface area contributed by atoms with Gasteiger partial charge in [-0.2, -0.15) is 0 Å². The van der Waals surface area contributed by atoms with Crippen LogP contribution in [0.1, 0.15) is 29.7 Å². The monoisotopic (exact) mass is 306 g/mol. The molecule has 2 aromatic rings. The molecule has 0 aliphatic rings. The number of benzene rings is 1. The molecule has 1 atom stereocenters. The van der Waals surface area contributed by atoms with Gasteiger partial charge >= 0.3 is 0 Å². The van der Waals surface area contributed by atoms with Crippen molar-refractivity contribution in [2.24, 2.45) is 0 Å². The molecule has 1 aromatic heterocycles. The third kappa shape index (κ3) is 3.87. The van der Waals surface area contributed by atoms with E-state index in [9.17, 15) is 13.5 Å². The van der Waals surface area contributed by atoms with Gasteiger partial charge in [-0.25, -0.2) is 13.1 Å². The summed E-state index contributed by atoms with van der Waals surface area (Å²) in [4.78, 5) is 4.16. The number of hydrogen-bond donors (Lipinski definition) is 2. The summed E-state index contributed by atoms with van der Waals surface area (Å²) in [5.74, 6) is 0. The summed E-state index contributed by atoms with van der Waals surface area (Å²) < 4.78 is 27.0. The summed E-state index contributed by atoms with van der Waals surface area (Å²) in [5.41, 5.74) is 2.50. The van der Waals surface area contributed by atoms with Gasteiger partial charge in [0.15, 0.2) is 0 Å². The highest BCUT2D eigenvalue weighted by Gasteiger charge is 2.14. The van der Waals surface area contributed by atoms with Gasteiger partial charge in [0.25, 0.3) is 0 Å². The van der Waals surface area contributed by atoms with Crippen molar-refractivity contribution in [1.82, 2.24) is 9.71 Å². The second-order valence-corrected chi connectivity index (χ2v) is 6.64. The fourth-order valence-corrected chi connectivity index (χ4v) is 2.87. The number of nitrogens with one attached hydrogen (secondary N) is 1. The van der Waals surface area contributed by atoms with Crippen LogP contribution >= 0.6 is 0 Å². The lowest BCUT2D eigenvalue weighted by Gasteiger charge is -2.10. The first-order chi connectivity index (χ1) is 9.90. The Kier molecular flexibility index (Phi) is 4.72. The summed E-state index contributed by atoms with van der Waals surface area (Å²) in [6.45, 7) is 3.73. The van der Waals surface area contributed by atoms with Gasteiger partial charge in [-0.1, -0.05) is 12.1 Å². The molecular weight excluding hydrogens is 288 g/mol. The zero-order chi connectivity index (χ0) is 15.5. The first-order valence-electron chi connectivity index (χ1n) is 6.57. The van der Waals surface area contributed by atoms with Crippen molar-refractivity contribution in [3.63, 3.8) is 0 Å². The van der Waals surface area contributed by atoms with Crippen LogP contribution < -0.4 is 4.72 Å². The molecule has 2 rings (SSSR count). The predicted octanol–water partition coefficient (Wildman–Crippen LogP) is 1.92. The molecule has 0 saturated carbocycles. The van der Waals surface area contributed by atoms with E-state index in [1.165, 1.54) is 12.1 Å². The lowest BCUT2D eigenvalue weighted by molar-refractivity contribution is 0.199. The Labute approximate surface area is 124 Å². The molecule has 0 saturated heterocycles. The summed E-state index contributed by atoms with van der Waals surface area (Å²) >= 11 is 0. The van der Waals surface area contributed by atoms with Gasteiger partial charge in [0.1, 0.15) is 0 Å². The molecule has 5 nitrogen and oxygen atoms in total. The number of aliphatic hydroxyl groups excluding tert-OH is 1. The van der Waals surface area contributed by atoms with E-state index in [-0.39, 0.29) is 11.4 Å². The zero-order valence-electron chi connectivity index (χ0n) is 11.9. The number of sulfonamides is 1. The molecule has 1 unspecified atom stereocenters. The van der Waals surface area contributed by atoms with Crippen LogP contribution in [-0.2, 0) is 16.6 Å². The molecular formula is C15H18N2O3S. The molecule has 1 heterocycles. The second-order valence-electron chi connectivity index (χ2n) is 4.87. The summed E-state index contributed by atoms with van der Waals surface area (Å²) in [6.07, 6.45) is 2.70. The molecule has 0 radical (unpaired) electrons. The number of rotatable bonds is 5. The molecule has 0 bridgehead atoms. The Balaban J connectivity index is 2.13. The zero-order valence-corrected chi connectivity index (χ0v) is 12.8. The van der Waals surface area contributed by atoms with E-state index in [1.807, 2.05) is 13.0 Å². The molecule has 0 aliphatic carbocycles. The Hall–Kier alpha value is -1.76. The van der Waals surface area contributed by atoms with Crippen molar-refractivity contribution in [3.05, 3.63) is 59.4 Å². The molecule has 6 heteroatoms. The highest BCUT2D eigenvalue weighted by atomic mass is 32.2. The van der Waals surface area contributed by atoms with Crippen molar-refractivity contribution >= 4 is 10.0 Å². The van der Waals surface area contributed by atoms with E-state index in [2.05, 4.69) is 9.71 Å². The average Bonchev–Trinajstić information content (AvgIpc) is 2.46. The van der Waals surface area contributed by atoms with Crippen LogP contribution in [0.5, 0.6) is 0 Å². The van der Waals surface area contributed by atoms with Gasteiger partial charge in [0, 0.05) is 18.9 Å². The largest absolute Gasteiger partial charge is 0.389 e. The number of hydrogen-bond acceptors (Lipinski definition) is 4. The molecule has 1 aromatic carbocycles. The molecule has 0 aliphatic heterocycles. The van der Waals surface area contributed by atoms with E-state index < -0.39 is 16.1 Å². The Morgan fingerprint density at radius 2 is 1.90 bits per heavy atom. The van der Waals surface area contributed by atoms with Gasteiger partial charge in [-0.05, 0) is 48.7 Å². The Bertz CT molecular complexity index is 710. The van der Waals surface area contributed by atoms with Crippen molar-refractivity contribution in [1.29, 1.82) is 0 Å². The molecule has 2 N–H and O–H groups in total. The van der Waals surface area contributed by atoms with Gasteiger partial charge < -0.3 is 5.11 Å². The van der Waals surface area contributed by atoms with E-state index in [0.717, 1.165) is 11.1 Å². The molecule has 0 amide bonds. The molecule has 0 fully saturated rings. The third-order valence-electron chi connectivity index (χ3n) is 3.27. The third-order valence-corrected chi connectivity index (χ3v) is 4.69. The lowest BCUT2D eigenvalue weighted by Crippen LogP contribution is -2.23. The average molecular weight is 306 g/mol. The van der Waals surface area contributed by atoms with E-state index >= 15 is 0 Å². The maximum Gasteiger partial charge on any atom is 0.240 e. The quantitative estimate of drug-likeness (QED) is 0.884. The first kappa shape index (κ1) is 15.6. The minimum atomic E-state index is -3.58. The number of aryl methyl sites for hydroxylation is 1. The Morgan fingerprint density at radius 3 is 2.48 bits per heavy atom. The number of aliphatic hydroxyl groups is 1. The van der Waals surface area contributed by atoms with Gasteiger partial charge in [-0.15, -0.1) is 0 Å². The lowest BCUT2D eigenvalue weighted by atomic mass is 10.1. The minimum Gasteiger partial charge on any atom is -0.389 e. The topological polar surface area (TPSA) is 79.3 Å². The molecule has 21 heavy (non-hydrogen) atoms. The maximum absolute atomic E-state index is 12.2. The van der Waals surface area contributed by atoms with Crippen LogP contribution in [0.2, 0.25) is 0 Å². The summed E-state index contributed by atoms with van der Waals surface area (Å²) in [7, 11) is -3.58. The fourth-order valence-electron chi connectivity index (χ4n) is 1.86. The van der Waals surface area contributed by atoms with Crippen molar-refractivity contribution in [2.45, 2.75) is 31.4 Å². The van der Waals surface area contributed by atoms with Crippen molar-refractivity contribution in [3.8, 4) is 0 Å². The van der Waals surface area contributed by atoms with Gasteiger partial charge in [0.05, 0.1) is 11.0 Å². The van der Waals surface area contributed by atoms with E-state index in [4.69, 9.17) is 0 Å². The number of nitrogens with zero attached hydrogens (tertiary/aromatic N) is 1.